The first-order valence-corrected chi connectivity index (χ1v) is 5.82. The summed E-state index contributed by atoms with van der Waals surface area (Å²) in [6.07, 6.45) is 0. The van der Waals surface area contributed by atoms with Gasteiger partial charge in [0.05, 0.1) is 12.2 Å². The molecule has 1 aromatic rings. The van der Waals surface area contributed by atoms with Gasteiger partial charge in [-0.25, -0.2) is 0 Å². The van der Waals surface area contributed by atoms with Crippen molar-refractivity contribution in [2.24, 2.45) is 0 Å². The molecule has 0 aromatic carbocycles. The van der Waals surface area contributed by atoms with Crippen molar-refractivity contribution < 1.29 is 4.79 Å². The molecule has 1 amide bonds. The SMILES string of the molecule is Cc1n[nH]c(C)c1CNCC(=O)NC(C)(C)C. The summed E-state index contributed by atoms with van der Waals surface area (Å²) in [4.78, 5) is 11.6. The van der Waals surface area contributed by atoms with Gasteiger partial charge in [-0.15, -0.1) is 0 Å². The summed E-state index contributed by atoms with van der Waals surface area (Å²) in [5.74, 6) is 0.0105. The Morgan fingerprint density at radius 1 is 1.35 bits per heavy atom. The van der Waals surface area contributed by atoms with Crippen LogP contribution < -0.4 is 10.6 Å². The Hall–Kier alpha value is -1.36. The Bertz CT molecular complexity index is 370. The molecule has 0 aliphatic carbocycles. The number of aryl methyl sites for hydroxylation is 2. The number of H-pyrrole nitrogens is 1. The molecule has 0 spiro atoms. The molecule has 0 saturated heterocycles. The maximum atomic E-state index is 11.6. The van der Waals surface area contributed by atoms with Crippen molar-refractivity contribution in [1.82, 2.24) is 20.8 Å². The molecule has 0 bridgehead atoms. The fraction of sp³-hybridized carbons (Fsp3) is 0.667. The van der Waals surface area contributed by atoms with E-state index in [0.29, 0.717) is 13.1 Å². The van der Waals surface area contributed by atoms with Crippen molar-refractivity contribution in [3.05, 3.63) is 17.0 Å². The molecule has 0 radical (unpaired) electrons. The minimum atomic E-state index is -0.180. The fourth-order valence-electron chi connectivity index (χ4n) is 1.60. The largest absolute Gasteiger partial charge is 0.350 e. The van der Waals surface area contributed by atoms with Gasteiger partial charge in [0.25, 0.3) is 0 Å². The highest BCUT2D eigenvalue weighted by Crippen LogP contribution is 2.08. The number of hydrogen-bond acceptors (Lipinski definition) is 3. The number of rotatable bonds is 4. The Morgan fingerprint density at radius 3 is 2.47 bits per heavy atom. The fourth-order valence-corrected chi connectivity index (χ4v) is 1.60. The van der Waals surface area contributed by atoms with E-state index < -0.39 is 0 Å². The van der Waals surface area contributed by atoms with E-state index in [4.69, 9.17) is 0 Å². The number of carbonyl (C=O) groups is 1. The van der Waals surface area contributed by atoms with Gasteiger partial charge in [-0.3, -0.25) is 9.89 Å². The Balaban J connectivity index is 2.36. The summed E-state index contributed by atoms with van der Waals surface area (Å²) in [5.41, 5.74) is 2.98. The van der Waals surface area contributed by atoms with Gasteiger partial charge in [-0.05, 0) is 34.6 Å². The van der Waals surface area contributed by atoms with Gasteiger partial charge in [0.1, 0.15) is 0 Å². The van der Waals surface area contributed by atoms with E-state index in [1.54, 1.807) is 0 Å². The van der Waals surface area contributed by atoms with E-state index in [1.165, 1.54) is 0 Å². The Kier molecular flexibility index (Phi) is 4.28. The van der Waals surface area contributed by atoms with Crippen LogP contribution in [0.5, 0.6) is 0 Å². The molecule has 96 valence electrons. The van der Waals surface area contributed by atoms with Gasteiger partial charge in [0.15, 0.2) is 0 Å². The predicted octanol–water partition coefficient (Wildman–Crippen LogP) is 1.03. The third-order valence-electron chi connectivity index (χ3n) is 2.38. The standard InChI is InChI=1S/C12H22N4O/c1-8-10(9(2)16-15-8)6-13-7-11(17)14-12(3,4)5/h13H,6-7H2,1-5H3,(H,14,17)(H,15,16). The van der Waals surface area contributed by atoms with Crippen LogP contribution in [0.2, 0.25) is 0 Å². The summed E-state index contributed by atoms with van der Waals surface area (Å²) in [7, 11) is 0. The summed E-state index contributed by atoms with van der Waals surface area (Å²) < 4.78 is 0. The van der Waals surface area contributed by atoms with Crippen LogP contribution in [-0.4, -0.2) is 28.2 Å². The molecule has 0 aliphatic heterocycles. The van der Waals surface area contributed by atoms with Crippen molar-refractivity contribution in [3.63, 3.8) is 0 Å². The van der Waals surface area contributed by atoms with E-state index in [2.05, 4.69) is 20.8 Å². The molecule has 0 saturated carbocycles. The second kappa shape index (κ2) is 5.31. The van der Waals surface area contributed by atoms with Crippen molar-refractivity contribution in [2.45, 2.75) is 46.7 Å². The van der Waals surface area contributed by atoms with Crippen molar-refractivity contribution in [2.75, 3.05) is 6.54 Å². The summed E-state index contributed by atoms with van der Waals surface area (Å²) in [6.45, 7) is 10.8. The molecular formula is C12H22N4O. The highest BCUT2D eigenvalue weighted by atomic mass is 16.2. The van der Waals surface area contributed by atoms with Crippen LogP contribution in [0.4, 0.5) is 0 Å². The zero-order chi connectivity index (χ0) is 13.1. The topological polar surface area (TPSA) is 69.8 Å². The lowest BCUT2D eigenvalue weighted by Crippen LogP contribution is -2.44. The quantitative estimate of drug-likeness (QED) is 0.734. The molecule has 5 heteroatoms. The van der Waals surface area contributed by atoms with Gasteiger partial charge in [-0.2, -0.15) is 5.10 Å². The van der Waals surface area contributed by atoms with Gasteiger partial charge in [-0.1, -0.05) is 0 Å². The van der Waals surface area contributed by atoms with E-state index in [0.717, 1.165) is 17.0 Å². The molecule has 0 atom stereocenters. The number of amides is 1. The van der Waals surface area contributed by atoms with Crippen molar-refractivity contribution >= 4 is 5.91 Å². The lowest BCUT2D eigenvalue weighted by Gasteiger charge is -2.20. The zero-order valence-corrected chi connectivity index (χ0v) is 11.3. The molecule has 3 N–H and O–H groups in total. The maximum Gasteiger partial charge on any atom is 0.234 e. The van der Waals surface area contributed by atoms with E-state index in [-0.39, 0.29) is 11.4 Å². The van der Waals surface area contributed by atoms with E-state index >= 15 is 0 Å². The number of nitrogens with zero attached hydrogens (tertiary/aromatic N) is 1. The van der Waals surface area contributed by atoms with Crippen LogP contribution in [0, 0.1) is 13.8 Å². The average molecular weight is 238 g/mol. The van der Waals surface area contributed by atoms with Gasteiger partial charge >= 0.3 is 0 Å². The van der Waals surface area contributed by atoms with Crippen molar-refractivity contribution in [1.29, 1.82) is 0 Å². The number of carbonyl (C=O) groups excluding carboxylic acids is 1. The minimum absolute atomic E-state index is 0.0105. The third-order valence-corrected chi connectivity index (χ3v) is 2.38. The smallest absolute Gasteiger partial charge is 0.234 e. The molecule has 1 rings (SSSR count). The summed E-state index contributed by atoms with van der Waals surface area (Å²) >= 11 is 0. The zero-order valence-electron chi connectivity index (χ0n) is 11.3. The first kappa shape index (κ1) is 13.7. The second-order valence-corrected chi connectivity index (χ2v) is 5.31. The van der Waals surface area contributed by atoms with Crippen LogP contribution in [0.25, 0.3) is 0 Å². The predicted molar refractivity (Wildman–Crippen MR) is 67.7 cm³/mol. The van der Waals surface area contributed by atoms with Gasteiger partial charge in [0, 0.05) is 23.3 Å². The first-order valence-electron chi connectivity index (χ1n) is 5.82. The monoisotopic (exact) mass is 238 g/mol. The number of hydrogen-bond donors (Lipinski definition) is 3. The minimum Gasteiger partial charge on any atom is -0.350 e. The van der Waals surface area contributed by atoms with Gasteiger partial charge in [0.2, 0.25) is 5.91 Å². The Labute approximate surface area is 102 Å². The second-order valence-electron chi connectivity index (χ2n) is 5.31. The number of aromatic amines is 1. The maximum absolute atomic E-state index is 11.6. The number of nitrogens with one attached hydrogen (secondary N) is 3. The highest BCUT2D eigenvalue weighted by Gasteiger charge is 2.13. The third kappa shape index (κ3) is 4.56. The van der Waals surface area contributed by atoms with Crippen molar-refractivity contribution in [3.8, 4) is 0 Å². The number of aromatic nitrogens is 2. The molecule has 0 aliphatic rings. The van der Waals surface area contributed by atoms with Crippen LogP contribution in [0.15, 0.2) is 0 Å². The molecule has 1 heterocycles. The normalized spacial score (nSPS) is 11.6. The summed E-state index contributed by atoms with van der Waals surface area (Å²) in [5, 5.41) is 13.1. The first-order chi connectivity index (χ1) is 7.79. The van der Waals surface area contributed by atoms with Crippen LogP contribution in [-0.2, 0) is 11.3 Å². The molecule has 0 unspecified atom stereocenters. The van der Waals surface area contributed by atoms with E-state index in [9.17, 15) is 4.79 Å². The molecule has 5 nitrogen and oxygen atoms in total. The van der Waals surface area contributed by atoms with Crippen LogP contribution in [0.1, 0.15) is 37.7 Å². The average Bonchev–Trinajstić information content (AvgIpc) is 2.46. The van der Waals surface area contributed by atoms with E-state index in [1.807, 2.05) is 34.6 Å². The summed E-state index contributed by atoms with van der Waals surface area (Å²) in [6, 6.07) is 0. The van der Waals surface area contributed by atoms with Gasteiger partial charge < -0.3 is 10.6 Å². The van der Waals surface area contributed by atoms with Crippen LogP contribution in [0.3, 0.4) is 0 Å². The molecule has 1 aromatic heterocycles. The molecule has 17 heavy (non-hydrogen) atoms. The van der Waals surface area contributed by atoms with Crippen LogP contribution >= 0.6 is 0 Å². The lowest BCUT2D eigenvalue weighted by molar-refractivity contribution is -0.121. The Morgan fingerprint density at radius 2 is 2.00 bits per heavy atom. The molecular weight excluding hydrogens is 216 g/mol. The molecule has 0 fully saturated rings. The lowest BCUT2D eigenvalue weighted by atomic mass is 10.1. The highest BCUT2D eigenvalue weighted by molar-refractivity contribution is 5.78.